The third-order valence-electron chi connectivity index (χ3n) is 3.89. The predicted octanol–water partition coefficient (Wildman–Crippen LogP) is 2.97. The summed E-state index contributed by atoms with van der Waals surface area (Å²) in [7, 11) is -3.94. The number of aliphatic carboxylic acids is 1. The fourth-order valence-electron chi connectivity index (χ4n) is 2.53. The van der Waals surface area contributed by atoms with Crippen LogP contribution in [0.4, 0.5) is 0 Å². The third-order valence-corrected chi connectivity index (χ3v) is 5.96. The molecule has 0 saturated carbocycles. The van der Waals surface area contributed by atoms with Gasteiger partial charge in [0.05, 0.1) is 4.90 Å². The first-order valence-corrected chi connectivity index (χ1v) is 9.03. The van der Waals surface area contributed by atoms with E-state index in [2.05, 4.69) is 0 Å². The molecule has 0 bridgehead atoms. The molecule has 0 amide bonds. The first kappa shape index (κ1) is 18.2. The normalized spacial score (nSPS) is 13.0. The monoisotopic (exact) mass is 347 g/mol. The van der Waals surface area contributed by atoms with E-state index in [1.807, 2.05) is 13.0 Å². The molecule has 128 valence electrons. The number of nitrogens with zero attached hydrogens (tertiary/aromatic N) is 1. The van der Waals surface area contributed by atoms with Gasteiger partial charge in [0.2, 0.25) is 10.0 Å². The molecule has 2 rings (SSSR count). The van der Waals surface area contributed by atoms with Gasteiger partial charge in [0, 0.05) is 6.54 Å². The highest BCUT2D eigenvalue weighted by molar-refractivity contribution is 7.89. The topological polar surface area (TPSA) is 74.7 Å². The maximum atomic E-state index is 13.1. The molecular weight excluding hydrogens is 326 g/mol. The molecule has 24 heavy (non-hydrogen) atoms. The molecule has 0 saturated heterocycles. The molecule has 2 aromatic carbocycles. The van der Waals surface area contributed by atoms with E-state index in [-0.39, 0.29) is 11.4 Å². The average molecular weight is 347 g/mol. The first-order valence-electron chi connectivity index (χ1n) is 7.59. The summed E-state index contributed by atoms with van der Waals surface area (Å²) in [6.07, 6.45) is 0. The molecule has 1 atom stereocenters. The van der Waals surface area contributed by atoms with Gasteiger partial charge in [-0.2, -0.15) is 4.31 Å². The molecule has 0 aliphatic carbocycles. The van der Waals surface area contributed by atoms with Crippen molar-refractivity contribution in [2.75, 3.05) is 0 Å². The molecular formula is C18H21NO4S. The Labute approximate surface area is 142 Å². The molecule has 1 N–H and O–H groups in total. The summed E-state index contributed by atoms with van der Waals surface area (Å²) in [6, 6.07) is 12.8. The van der Waals surface area contributed by atoms with Crippen LogP contribution in [-0.2, 0) is 21.4 Å². The number of hydrogen-bond acceptors (Lipinski definition) is 3. The number of benzene rings is 2. The Hall–Kier alpha value is -2.18. The quantitative estimate of drug-likeness (QED) is 0.872. The number of rotatable bonds is 6. The van der Waals surface area contributed by atoms with Gasteiger partial charge in [-0.05, 0) is 38.0 Å². The predicted molar refractivity (Wildman–Crippen MR) is 92.2 cm³/mol. The lowest BCUT2D eigenvalue weighted by atomic mass is 10.2. The van der Waals surface area contributed by atoms with E-state index in [0.29, 0.717) is 5.56 Å². The van der Waals surface area contributed by atoms with Gasteiger partial charge in [-0.15, -0.1) is 0 Å². The second-order valence-corrected chi connectivity index (χ2v) is 7.68. The van der Waals surface area contributed by atoms with Crippen molar-refractivity contribution in [2.45, 2.75) is 38.3 Å². The van der Waals surface area contributed by atoms with Gasteiger partial charge in [0.25, 0.3) is 0 Å². The Morgan fingerprint density at radius 1 is 1.12 bits per heavy atom. The van der Waals surface area contributed by atoms with Gasteiger partial charge >= 0.3 is 5.97 Å². The average Bonchev–Trinajstić information content (AvgIpc) is 2.52. The lowest BCUT2D eigenvalue weighted by molar-refractivity contribution is -0.141. The van der Waals surface area contributed by atoms with E-state index in [1.165, 1.54) is 13.0 Å². The maximum absolute atomic E-state index is 13.1. The highest BCUT2D eigenvalue weighted by Gasteiger charge is 2.33. The summed E-state index contributed by atoms with van der Waals surface area (Å²) in [5, 5.41) is 9.35. The Morgan fingerprint density at radius 3 is 2.29 bits per heavy atom. The van der Waals surface area contributed by atoms with Crippen LogP contribution in [0.1, 0.15) is 23.6 Å². The molecule has 0 aromatic heterocycles. The second-order valence-electron chi connectivity index (χ2n) is 5.82. The summed E-state index contributed by atoms with van der Waals surface area (Å²) in [6.45, 7) is 4.98. The molecule has 0 radical (unpaired) electrons. The molecule has 1 unspecified atom stereocenters. The summed E-state index contributed by atoms with van der Waals surface area (Å²) in [5.41, 5.74) is 2.29. The summed E-state index contributed by atoms with van der Waals surface area (Å²) in [4.78, 5) is 11.6. The van der Waals surface area contributed by atoms with E-state index >= 15 is 0 Å². The first-order chi connectivity index (χ1) is 11.2. The van der Waals surface area contributed by atoms with Gasteiger partial charge in [-0.25, -0.2) is 8.42 Å². The second kappa shape index (κ2) is 7.15. The smallest absolute Gasteiger partial charge is 0.321 e. The SMILES string of the molecule is Cc1ccc(S(=O)(=O)N(Cc2ccccc2)C(C)C(=O)O)c(C)c1. The number of aryl methyl sites for hydroxylation is 2. The lowest BCUT2D eigenvalue weighted by Gasteiger charge is -2.26. The number of sulfonamides is 1. The van der Waals surface area contributed by atoms with Gasteiger partial charge < -0.3 is 5.11 Å². The van der Waals surface area contributed by atoms with Gasteiger partial charge in [0.15, 0.2) is 0 Å². The molecule has 2 aromatic rings. The third kappa shape index (κ3) is 3.83. The Kier molecular flexibility index (Phi) is 5.41. The summed E-state index contributed by atoms with van der Waals surface area (Å²) in [5.74, 6) is -1.18. The van der Waals surface area contributed by atoms with Crippen molar-refractivity contribution >= 4 is 16.0 Å². The number of carbonyl (C=O) groups is 1. The van der Waals surface area contributed by atoms with Crippen LogP contribution < -0.4 is 0 Å². The van der Waals surface area contributed by atoms with E-state index in [1.54, 1.807) is 43.3 Å². The van der Waals surface area contributed by atoms with Crippen LogP contribution in [0.25, 0.3) is 0 Å². The minimum atomic E-state index is -3.94. The number of carboxylic acids is 1. The highest BCUT2D eigenvalue weighted by Crippen LogP contribution is 2.24. The van der Waals surface area contributed by atoms with Gasteiger partial charge in [-0.1, -0.05) is 48.0 Å². The largest absolute Gasteiger partial charge is 0.480 e. The van der Waals surface area contributed by atoms with Gasteiger partial charge in [-0.3, -0.25) is 4.79 Å². The number of hydrogen-bond donors (Lipinski definition) is 1. The van der Waals surface area contributed by atoms with Gasteiger partial charge in [0.1, 0.15) is 6.04 Å². The van der Waals surface area contributed by atoms with Crippen LogP contribution in [0, 0.1) is 13.8 Å². The molecule has 0 aliphatic heterocycles. The van der Waals surface area contributed by atoms with Crippen molar-refractivity contribution in [2.24, 2.45) is 0 Å². The Balaban J connectivity index is 2.50. The minimum absolute atomic E-state index is 0.00393. The summed E-state index contributed by atoms with van der Waals surface area (Å²) < 4.78 is 27.2. The zero-order chi connectivity index (χ0) is 17.9. The van der Waals surface area contributed by atoms with Crippen molar-refractivity contribution in [3.05, 3.63) is 65.2 Å². The van der Waals surface area contributed by atoms with Crippen molar-refractivity contribution in [3.8, 4) is 0 Å². The van der Waals surface area contributed by atoms with E-state index in [0.717, 1.165) is 15.4 Å². The highest BCUT2D eigenvalue weighted by atomic mass is 32.2. The Morgan fingerprint density at radius 2 is 1.75 bits per heavy atom. The van der Waals surface area contributed by atoms with Crippen LogP contribution in [0.2, 0.25) is 0 Å². The summed E-state index contributed by atoms with van der Waals surface area (Å²) >= 11 is 0. The van der Waals surface area contributed by atoms with Crippen LogP contribution in [0.15, 0.2) is 53.4 Å². The van der Waals surface area contributed by atoms with E-state index in [9.17, 15) is 18.3 Å². The van der Waals surface area contributed by atoms with Crippen LogP contribution >= 0.6 is 0 Å². The maximum Gasteiger partial charge on any atom is 0.321 e. The zero-order valence-corrected chi connectivity index (χ0v) is 14.7. The van der Waals surface area contributed by atoms with Crippen molar-refractivity contribution in [3.63, 3.8) is 0 Å². The molecule has 0 spiro atoms. The van der Waals surface area contributed by atoms with E-state index in [4.69, 9.17) is 0 Å². The lowest BCUT2D eigenvalue weighted by Crippen LogP contribution is -2.42. The molecule has 0 fully saturated rings. The fraction of sp³-hybridized carbons (Fsp3) is 0.278. The van der Waals surface area contributed by atoms with Crippen LogP contribution in [-0.4, -0.2) is 29.8 Å². The van der Waals surface area contributed by atoms with Crippen molar-refractivity contribution in [1.29, 1.82) is 0 Å². The van der Waals surface area contributed by atoms with Crippen LogP contribution in [0.3, 0.4) is 0 Å². The standard InChI is InChI=1S/C18H21NO4S/c1-13-9-10-17(14(2)11-13)24(22,23)19(15(3)18(20)21)12-16-7-5-4-6-8-16/h4-11,15H,12H2,1-3H3,(H,20,21). The molecule has 5 nitrogen and oxygen atoms in total. The van der Waals surface area contributed by atoms with Crippen molar-refractivity contribution < 1.29 is 18.3 Å². The Bertz CT molecular complexity index is 831. The molecule has 0 heterocycles. The fourth-order valence-corrected chi connectivity index (χ4v) is 4.32. The van der Waals surface area contributed by atoms with E-state index < -0.39 is 22.0 Å². The minimum Gasteiger partial charge on any atom is -0.480 e. The molecule has 6 heteroatoms. The van der Waals surface area contributed by atoms with Crippen molar-refractivity contribution in [1.82, 2.24) is 4.31 Å². The molecule has 0 aliphatic rings. The number of carboxylic acid groups (broad SMARTS) is 1. The zero-order valence-electron chi connectivity index (χ0n) is 13.9. The van der Waals surface area contributed by atoms with Crippen LogP contribution in [0.5, 0.6) is 0 Å².